The van der Waals surface area contributed by atoms with Crippen LogP contribution >= 0.6 is 7.37 Å². The zero-order valence-electron chi connectivity index (χ0n) is 28.8. The molecular formula is C41H52NO6P. The molecule has 0 aromatic heterocycles. The number of esters is 1. The Morgan fingerprint density at radius 1 is 0.776 bits per heavy atom. The Morgan fingerprint density at radius 3 is 1.90 bits per heavy atom. The van der Waals surface area contributed by atoms with E-state index in [4.69, 9.17) is 14.0 Å². The minimum Gasteiger partial charge on any atom is -0.466 e. The van der Waals surface area contributed by atoms with Gasteiger partial charge in [-0.1, -0.05) is 97.4 Å². The smallest absolute Gasteiger partial charge is 0.408 e. The lowest BCUT2D eigenvalue weighted by atomic mass is 9.54. The molecule has 7 nitrogen and oxygen atoms in total. The van der Waals surface area contributed by atoms with Gasteiger partial charge in [-0.3, -0.25) is 9.36 Å². The lowest BCUT2D eigenvalue weighted by Gasteiger charge is -2.57. The average Bonchev–Trinajstić information content (AvgIpc) is 3.09. The minimum atomic E-state index is -3.75. The summed E-state index contributed by atoms with van der Waals surface area (Å²) in [6.45, 7) is 2.15. The van der Waals surface area contributed by atoms with E-state index in [1.54, 1.807) is 6.92 Å². The molecule has 3 aromatic rings. The molecule has 0 spiro atoms. The number of nitrogens with one attached hydrogen (secondary N) is 1. The number of carbonyl (C=O) groups is 2. The third-order valence-corrected chi connectivity index (χ3v) is 13.7. The summed E-state index contributed by atoms with van der Waals surface area (Å²) in [5.74, 6) is -0.0929. The fraction of sp³-hybridized carbons (Fsp3) is 0.512. The number of carbonyl (C=O) groups excluding carboxylic acids is 2. The first-order valence-electron chi connectivity index (χ1n) is 18.3. The van der Waals surface area contributed by atoms with Crippen LogP contribution in [0.3, 0.4) is 0 Å². The highest BCUT2D eigenvalue weighted by molar-refractivity contribution is 7.59. The van der Waals surface area contributed by atoms with Crippen molar-refractivity contribution in [2.24, 2.45) is 23.7 Å². The van der Waals surface area contributed by atoms with Crippen molar-refractivity contribution < 1.29 is 28.2 Å². The Kier molecular flexibility index (Phi) is 11.9. The average molecular weight is 686 g/mol. The molecule has 4 saturated carbocycles. The molecule has 4 bridgehead atoms. The zero-order chi connectivity index (χ0) is 34.1. The van der Waals surface area contributed by atoms with Crippen molar-refractivity contribution in [3.05, 3.63) is 108 Å². The number of unbranched alkanes of at least 4 members (excludes halogenated alkanes) is 1. The standard InChI is InChI=1S/C41H52NO6P/c1-2-46-39(43)37(21-13-12-16-31-14-6-3-7-15-31)30-49(45,48-41-26-34-22-35(27-41)24-36(23-34)28-41)38(25-32-17-8-4-9-18-32)42-40(44)47-29-33-19-10-5-11-20-33/h3-11,14-15,17-20,34-38H,2,12-13,16,21-30H2,1H3,(H,42,44). The van der Waals surface area contributed by atoms with Crippen LogP contribution in [0.5, 0.6) is 0 Å². The molecule has 4 aliphatic rings. The molecule has 0 aliphatic heterocycles. The van der Waals surface area contributed by atoms with Crippen LogP contribution in [0.15, 0.2) is 91.0 Å². The number of aryl methyl sites for hydroxylation is 1. The summed E-state index contributed by atoms with van der Waals surface area (Å²) in [6, 6.07) is 29.6. The molecule has 262 valence electrons. The first-order chi connectivity index (χ1) is 23.8. The largest absolute Gasteiger partial charge is 0.466 e. The molecule has 3 aromatic carbocycles. The van der Waals surface area contributed by atoms with Crippen LogP contribution in [0.4, 0.5) is 4.79 Å². The van der Waals surface area contributed by atoms with Crippen molar-refractivity contribution in [1.29, 1.82) is 0 Å². The molecule has 8 heteroatoms. The van der Waals surface area contributed by atoms with Gasteiger partial charge in [0.15, 0.2) is 0 Å². The fourth-order valence-corrected chi connectivity index (χ4v) is 12.0. The van der Waals surface area contributed by atoms with Gasteiger partial charge in [0.25, 0.3) is 0 Å². The zero-order valence-corrected chi connectivity index (χ0v) is 29.7. The predicted octanol–water partition coefficient (Wildman–Crippen LogP) is 9.34. The molecule has 0 heterocycles. The molecule has 1 N–H and O–H groups in total. The van der Waals surface area contributed by atoms with Gasteiger partial charge in [0.05, 0.1) is 18.1 Å². The minimum absolute atomic E-state index is 0.0232. The van der Waals surface area contributed by atoms with Crippen LogP contribution in [0.2, 0.25) is 0 Å². The Morgan fingerprint density at radius 2 is 1.33 bits per heavy atom. The third kappa shape index (κ3) is 9.64. The maximum Gasteiger partial charge on any atom is 0.408 e. The van der Waals surface area contributed by atoms with Gasteiger partial charge in [-0.15, -0.1) is 0 Å². The van der Waals surface area contributed by atoms with Gasteiger partial charge in [-0.25, -0.2) is 4.79 Å². The molecule has 49 heavy (non-hydrogen) atoms. The first kappa shape index (κ1) is 35.4. The topological polar surface area (TPSA) is 90.9 Å². The number of hydrogen-bond acceptors (Lipinski definition) is 6. The van der Waals surface area contributed by atoms with Crippen molar-refractivity contribution in [3.8, 4) is 0 Å². The van der Waals surface area contributed by atoms with E-state index in [9.17, 15) is 9.59 Å². The van der Waals surface area contributed by atoms with Crippen LogP contribution < -0.4 is 5.32 Å². The normalized spacial score (nSPS) is 24.8. The Bertz CT molecular complexity index is 1510. The van der Waals surface area contributed by atoms with Crippen molar-refractivity contribution in [2.75, 3.05) is 12.8 Å². The summed E-state index contributed by atoms with van der Waals surface area (Å²) in [4.78, 5) is 27.1. The molecule has 3 unspecified atom stereocenters. The number of ether oxygens (including phenoxy) is 2. The number of hydrogen-bond donors (Lipinski definition) is 1. The van der Waals surface area contributed by atoms with Gasteiger partial charge in [-0.05, 0) is 99.2 Å². The molecule has 4 aliphatic carbocycles. The summed E-state index contributed by atoms with van der Waals surface area (Å²) in [5, 5.41) is 3.02. The molecule has 1 amide bonds. The van der Waals surface area contributed by atoms with E-state index in [2.05, 4.69) is 17.4 Å². The summed E-state index contributed by atoms with van der Waals surface area (Å²) in [6.07, 6.45) is 9.13. The Labute approximate surface area is 292 Å². The van der Waals surface area contributed by atoms with Crippen molar-refractivity contribution >= 4 is 19.4 Å². The summed E-state index contributed by atoms with van der Waals surface area (Å²) < 4.78 is 34.3. The van der Waals surface area contributed by atoms with E-state index in [-0.39, 0.29) is 25.3 Å². The second-order valence-electron chi connectivity index (χ2n) is 14.7. The molecular weight excluding hydrogens is 633 g/mol. The lowest BCUT2D eigenvalue weighted by Crippen LogP contribution is -2.52. The molecule has 3 atom stereocenters. The molecule has 0 radical (unpaired) electrons. The second-order valence-corrected chi connectivity index (χ2v) is 17.3. The lowest BCUT2D eigenvalue weighted by molar-refractivity contribution is -0.147. The van der Waals surface area contributed by atoms with Gasteiger partial charge in [0.1, 0.15) is 12.4 Å². The molecule has 0 saturated heterocycles. The first-order valence-corrected chi connectivity index (χ1v) is 20.2. The van der Waals surface area contributed by atoms with Crippen molar-refractivity contribution in [2.45, 2.75) is 95.5 Å². The highest BCUT2D eigenvalue weighted by atomic mass is 31.2. The van der Waals surface area contributed by atoms with E-state index in [1.807, 2.05) is 78.9 Å². The van der Waals surface area contributed by atoms with Crippen molar-refractivity contribution in [3.63, 3.8) is 0 Å². The second kappa shape index (κ2) is 16.5. The third-order valence-electron chi connectivity index (χ3n) is 10.8. The van der Waals surface area contributed by atoms with Gasteiger partial charge >= 0.3 is 12.1 Å². The van der Waals surface area contributed by atoms with Crippen LogP contribution in [0.25, 0.3) is 0 Å². The fourth-order valence-electron chi connectivity index (χ4n) is 8.94. The van der Waals surface area contributed by atoms with Crippen LogP contribution in [0.1, 0.15) is 81.4 Å². The van der Waals surface area contributed by atoms with E-state index in [0.29, 0.717) is 30.6 Å². The highest BCUT2D eigenvalue weighted by Crippen LogP contribution is 2.65. The van der Waals surface area contributed by atoms with Gasteiger partial charge in [-0.2, -0.15) is 0 Å². The Balaban J connectivity index is 1.28. The van der Waals surface area contributed by atoms with E-state index < -0.39 is 30.8 Å². The number of amides is 1. The van der Waals surface area contributed by atoms with E-state index in [0.717, 1.165) is 49.7 Å². The molecule has 7 rings (SSSR count). The summed E-state index contributed by atoms with van der Waals surface area (Å²) >= 11 is 0. The number of benzene rings is 3. The number of rotatable bonds is 17. The van der Waals surface area contributed by atoms with Gasteiger partial charge in [0, 0.05) is 12.6 Å². The predicted molar refractivity (Wildman–Crippen MR) is 192 cm³/mol. The summed E-state index contributed by atoms with van der Waals surface area (Å²) in [7, 11) is -3.75. The van der Waals surface area contributed by atoms with E-state index >= 15 is 4.57 Å². The molecule has 4 fully saturated rings. The summed E-state index contributed by atoms with van der Waals surface area (Å²) in [5.41, 5.74) is 2.55. The SMILES string of the molecule is CCOC(=O)C(CCCCc1ccccc1)CP(=O)(OC12CC3CC(CC(C3)C1)C2)C(Cc1ccccc1)NC(=O)OCc1ccccc1. The quantitative estimate of drug-likeness (QED) is 0.0865. The maximum atomic E-state index is 15.9. The highest BCUT2D eigenvalue weighted by Gasteiger charge is 2.55. The van der Waals surface area contributed by atoms with Crippen LogP contribution in [-0.2, 0) is 42.8 Å². The van der Waals surface area contributed by atoms with E-state index in [1.165, 1.54) is 24.8 Å². The monoisotopic (exact) mass is 685 g/mol. The van der Waals surface area contributed by atoms with Crippen LogP contribution in [0, 0.1) is 23.7 Å². The van der Waals surface area contributed by atoms with Gasteiger partial charge in [0.2, 0.25) is 7.37 Å². The van der Waals surface area contributed by atoms with Gasteiger partial charge < -0.3 is 19.3 Å². The Hall–Kier alpha value is -3.41. The maximum absolute atomic E-state index is 15.9. The van der Waals surface area contributed by atoms with Crippen LogP contribution in [-0.4, -0.2) is 36.2 Å². The van der Waals surface area contributed by atoms with Crippen molar-refractivity contribution in [1.82, 2.24) is 5.32 Å². The number of alkyl carbamates (subject to hydrolysis) is 1.